The van der Waals surface area contributed by atoms with E-state index in [0.717, 1.165) is 34.0 Å². The number of fused-ring (bicyclic) bond motifs is 1. The summed E-state index contributed by atoms with van der Waals surface area (Å²) in [7, 11) is 1.96. The van der Waals surface area contributed by atoms with Gasteiger partial charge in [0.1, 0.15) is 0 Å². The molecule has 1 saturated carbocycles. The van der Waals surface area contributed by atoms with Crippen LogP contribution in [0, 0.1) is 19.8 Å². The van der Waals surface area contributed by atoms with Crippen molar-refractivity contribution in [3.8, 4) is 11.5 Å². The summed E-state index contributed by atoms with van der Waals surface area (Å²) in [5, 5.41) is 4.54. The molecule has 4 rings (SSSR count). The van der Waals surface area contributed by atoms with Crippen LogP contribution in [-0.2, 0) is 24.9 Å². The molecule has 0 radical (unpaired) electrons. The summed E-state index contributed by atoms with van der Waals surface area (Å²) >= 11 is 0. The van der Waals surface area contributed by atoms with Gasteiger partial charge < -0.3 is 14.4 Å². The first-order valence-electron chi connectivity index (χ1n) is 10.7. The van der Waals surface area contributed by atoms with E-state index >= 15 is 0 Å². The zero-order valence-corrected chi connectivity index (χ0v) is 17.7. The number of aromatic nitrogens is 2. The van der Waals surface area contributed by atoms with E-state index in [9.17, 15) is 4.79 Å². The Morgan fingerprint density at radius 2 is 1.90 bits per heavy atom. The molecule has 6 nitrogen and oxygen atoms in total. The number of rotatable bonds is 6. The van der Waals surface area contributed by atoms with Gasteiger partial charge in [-0.2, -0.15) is 5.10 Å². The first kappa shape index (κ1) is 19.8. The summed E-state index contributed by atoms with van der Waals surface area (Å²) in [6, 6.07) is 5.95. The predicted molar refractivity (Wildman–Crippen MR) is 111 cm³/mol. The van der Waals surface area contributed by atoms with E-state index < -0.39 is 0 Å². The molecule has 2 heterocycles. The van der Waals surface area contributed by atoms with Gasteiger partial charge in [-0.25, -0.2) is 0 Å². The molecule has 0 unspecified atom stereocenters. The van der Waals surface area contributed by atoms with Crippen molar-refractivity contribution >= 4 is 5.91 Å². The van der Waals surface area contributed by atoms with Crippen LogP contribution < -0.4 is 9.47 Å². The van der Waals surface area contributed by atoms with Gasteiger partial charge in [-0.3, -0.25) is 9.48 Å². The second-order valence-corrected chi connectivity index (χ2v) is 8.42. The molecule has 1 aromatic heterocycles. The number of carbonyl (C=O) groups excluding carboxylic acids is 1. The van der Waals surface area contributed by atoms with E-state index in [2.05, 4.69) is 12.0 Å². The molecule has 0 atom stereocenters. The Kier molecular flexibility index (Phi) is 5.79. The second-order valence-electron chi connectivity index (χ2n) is 8.42. The third-order valence-corrected chi connectivity index (χ3v) is 6.36. The fraction of sp³-hybridized carbons (Fsp3) is 0.565. The Balaban J connectivity index is 1.54. The fourth-order valence-corrected chi connectivity index (χ4v) is 4.50. The Bertz CT molecular complexity index is 884. The van der Waals surface area contributed by atoms with E-state index in [1.807, 2.05) is 41.8 Å². The smallest absolute Gasteiger partial charge is 0.231 e. The van der Waals surface area contributed by atoms with Crippen molar-refractivity contribution in [1.29, 1.82) is 0 Å². The van der Waals surface area contributed by atoms with Crippen molar-refractivity contribution in [2.24, 2.45) is 13.0 Å². The quantitative estimate of drug-likeness (QED) is 0.731. The van der Waals surface area contributed by atoms with Crippen molar-refractivity contribution in [3.63, 3.8) is 0 Å². The highest BCUT2D eigenvalue weighted by Crippen LogP contribution is 2.33. The van der Waals surface area contributed by atoms with Crippen LogP contribution in [0.25, 0.3) is 0 Å². The molecule has 1 aliphatic carbocycles. The largest absolute Gasteiger partial charge is 0.454 e. The number of hydrogen-bond donors (Lipinski definition) is 0. The molecule has 0 saturated heterocycles. The lowest BCUT2D eigenvalue weighted by atomic mass is 9.86. The molecule has 156 valence electrons. The molecule has 1 fully saturated rings. The molecule has 0 spiro atoms. The maximum Gasteiger partial charge on any atom is 0.231 e. The lowest BCUT2D eigenvalue weighted by molar-refractivity contribution is -0.133. The molecule has 29 heavy (non-hydrogen) atoms. The summed E-state index contributed by atoms with van der Waals surface area (Å²) in [5.74, 6) is 2.28. The Morgan fingerprint density at radius 3 is 2.62 bits per heavy atom. The average molecular weight is 398 g/mol. The number of amides is 1. The summed E-state index contributed by atoms with van der Waals surface area (Å²) < 4.78 is 12.8. The van der Waals surface area contributed by atoms with Crippen molar-refractivity contribution in [3.05, 3.63) is 40.7 Å². The van der Waals surface area contributed by atoms with Gasteiger partial charge in [-0.1, -0.05) is 25.3 Å². The fourth-order valence-electron chi connectivity index (χ4n) is 4.50. The van der Waals surface area contributed by atoms with E-state index in [1.54, 1.807) is 0 Å². The molecular formula is C23H31N3O3. The summed E-state index contributed by atoms with van der Waals surface area (Å²) in [5.41, 5.74) is 4.31. The van der Waals surface area contributed by atoms with Crippen LogP contribution in [0.4, 0.5) is 0 Å². The van der Waals surface area contributed by atoms with Gasteiger partial charge in [-0.05, 0) is 50.3 Å². The third-order valence-electron chi connectivity index (χ3n) is 6.36. The first-order chi connectivity index (χ1) is 14.0. The maximum atomic E-state index is 13.3. The van der Waals surface area contributed by atoms with Crippen LogP contribution in [0.3, 0.4) is 0 Å². The molecule has 0 bridgehead atoms. The molecule has 0 N–H and O–H groups in total. The highest BCUT2D eigenvalue weighted by Gasteiger charge is 2.24. The third kappa shape index (κ3) is 4.41. The van der Waals surface area contributed by atoms with Crippen molar-refractivity contribution < 1.29 is 14.3 Å². The maximum absolute atomic E-state index is 13.3. The predicted octanol–water partition coefficient (Wildman–Crippen LogP) is 4.26. The van der Waals surface area contributed by atoms with E-state index in [1.165, 1.54) is 32.1 Å². The van der Waals surface area contributed by atoms with Gasteiger partial charge in [0.2, 0.25) is 12.7 Å². The normalized spacial score (nSPS) is 16.2. The van der Waals surface area contributed by atoms with Crippen molar-refractivity contribution in [2.75, 3.05) is 6.79 Å². The number of carbonyl (C=O) groups is 1. The molecule has 1 aliphatic heterocycles. The average Bonchev–Trinajstić information content (AvgIpc) is 3.27. The first-order valence-corrected chi connectivity index (χ1v) is 10.7. The zero-order valence-electron chi connectivity index (χ0n) is 17.7. The summed E-state index contributed by atoms with van der Waals surface area (Å²) in [6.45, 7) is 5.51. The van der Waals surface area contributed by atoms with Gasteiger partial charge in [0.25, 0.3) is 0 Å². The highest BCUT2D eigenvalue weighted by molar-refractivity contribution is 5.76. The van der Waals surface area contributed by atoms with Gasteiger partial charge in [-0.15, -0.1) is 0 Å². The lowest BCUT2D eigenvalue weighted by Gasteiger charge is -2.27. The van der Waals surface area contributed by atoms with Crippen LogP contribution in [0.5, 0.6) is 11.5 Å². The Morgan fingerprint density at radius 1 is 1.14 bits per heavy atom. The van der Waals surface area contributed by atoms with Crippen LogP contribution in [0.1, 0.15) is 61.0 Å². The van der Waals surface area contributed by atoms with Gasteiger partial charge in [0, 0.05) is 37.8 Å². The van der Waals surface area contributed by atoms with Crippen molar-refractivity contribution in [1.82, 2.24) is 14.7 Å². The van der Waals surface area contributed by atoms with Crippen LogP contribution in [0.2, 0.25) is 0 Å². The van der Waals surface area contributed by atoms with E-state index in [4.69, 9.17) is 9.47 Å². The van der Waals surface area contributed by atoms with Crippen LogP contribution in [0.15, 0.2) is 18.2 Å². The zero-order chi connectivity index (χ0) is 20.4. The second kappa shape index (κ2) is 8.47. The molecule has 2 aromatic rings. The minimum atomic E-state index is 0.234. The number of benzene rings is 1. The minimum absolute atomic E-state index is 0.234. The Labute approximate surface area is 172 Å². The SMILES string of the molecule is Cc1nn(C)c(C)c1CN(Cc1ccc2c(c1)OCO2)C(=O)CC1CCCCC1. The topological polar surface area (TPSA) is 56.6 Å². The van der Waals surface area contributed by atoms with Crippen LogP contribution >= 0.6 is 0 Å². The number of aryl methyl sites for hydroxylation is 2. The molecule has 2 aliphatic rings. The monoisotopic (exact) mass is 397 g/mol. The lowest BCUT2D eigenvalue weighted by Crippen LogP contribution is -2.32. The van der Waals surface area contributed by atoms with E-state index in [-0.39, 0.29) is 12.7 Å². The standard InChI is InChI=1S/C23H31N3O3/c1-16-20(17(2)25(3)24-16)14-26(23(27)12-18-7-5-4-6-8-18)13-19-9-10-21-22(11-19)29-15-28-21/h9-11,18H,4-8,12-15H2,1-3H3. The van der Waals surface area contributed by atoms with Gasteiger partial charge in [0.15, 0.2) is 11.5 Å². The molecule has 6 heteroatoms. The molecule has 1 amide bonds. The summed E-state index contributed by atoms with van der Waals surface area (Å²) in [6.07, 6.45) is 6.80. The number of ether oxygens (including phenoxy) is 2. The number of hydrogen-bond acceptors (Lipinski definition) is 4. The van der Waals surface area contributed by atoms with Crippen LogP contribution in [-0.4, -0.2) is 27.4 Å². The molecular weight excluding hydrogens is 366 g/mol. The summed E-state index contributed by atoms with van der Waals surface area (Å²) in [4.78, 5) is 15.3. The minimum Gasteiger partial charge on any atom is -0.454 e. The Hall–Kier alpha value is -2.50. The highest BCUT2D eigenvalue weighted by atomic mass is 16.7. The van der Waals surface area contributed by atoms with Gasteiger partial charge in [0.05, 0.1) is 5.69 Å². The molecule has 1 aromatic carbocycles. The number of nitrogens with zero attached hydrogens (tertiary/aromatic N) is 3. The van der Waals surface area contributed by atoms with E-state index in [0.29, 0.717) is 25.4 Å². The van der Waals surface area contributed by atoms with Crippen molar-refractivity contribution in [2.45, 2.75) is 65.5 Å². The van der Waals surface area contributed by atoms with Gasteiger partial charge >= 0.3 is 0 Å².